The highest BCUT2D eigenvalue weighted by Crippen LogP contribution is 2.37. The molecule has 0 aromatic heterocycles. The largest absolute Gasteiger partial charge is 0.207 e. The van der Waals surface area contributed by atoms with Crippen LogP contribution in [0.2, 0.25) is 0 Å². The van der Waals surface area contributed by atoms with Crippen LogP contribution in [-0.2, 0) is 6.42 Å². The third kappa shape index (κ3) is 3.20. The van der Waals surface area contributed by atoms with Crippen LogP contribution in [0.3, 0.4) is 0 Å². The Morgan fingerprint density at radius 3 is 2.73 bits per heavy atom. The summed E-state index contributed by atoms with van der Waals surface area (Å²) in [5, 5.41) is 0.316. The lowest BCUT2D eigenvalue weighted by molar-refractivity contribution is 0.588. The summed E-state index contributed by atoms with van der Waals surface area (Å²) in [7, 11) is 0. The molecule has 0 nitrogen and oxygen atoms in total. The minimum atomic E-state index is -0.0879. The van der Waals surface area contributed by atoms with Gasteiger partial charge in [-0.3, -0.25) is 0 Å². The van der Waals surface area contributed by atoms with Crippen LogP contribution in [0.25, 0.3) is 0 Å². The monoisotopic (exact) mass is 226 g/mol. The molecule has 0 amide bonds. The van der Waals surface area contributed by atoms with Gasteiger partial charge in [-0.05, 0) is 49.7 Å². The summed E-state index contributed by atoms with van der Waals surface area (Å²) in [6.45, 7) is 0. The van der Waals surface area contributed by atoms with Crippen LogP contribution in [0.4, 0.5) is 4.39 Å². The van der Waals surface area contributed by atoms with Crippen molar-refractivity contribution in [2.45, 2.75) is 37.5 Å². The van der Waals surface area contributed by atoms with Gasteiger partial charge in [-0.1, -0.05) is 18.2 Å². The van der Waals surface area contributed by atoms with Crippen LogP contribution in [0.1, 0.15) is 31.2 Å². The van der Waals surface area contributed by atoms with Crippen LogP contribution >= 0.6 is 11.6 Å². The minimum Gasteiger partial charge on any atom is -0.207 e. The van der Waals surface area contributed by atoms with Crippen molar-refractivity contribution < 1.29 is 4.39 Å². The number of rotatable bonds is 5. The van der Waals surface area contributed by atoms with Crippen molar-refractivity contribution in [1.82, 2.24) is 0 Å². The molecule has 1 fully saturated rings. The van der Waals surface area contributed by atoms with Gasteiger partial charge in [0.1, 0.15) is 5.82 Å². The first-order chi connectivity index (χ1) is 7.27. The third-order valence-electron chi connectivity index (χ3n) is 3.02. The Kier molecular flexibility index (Phi) is 3.63. The topological polar surface area (TPSA) is 0 Å². The van der Waals surface area contributed by atoms with E-state index in [9.17, 15) is 4.39 Å². The van der Waals surface area contributed by atoms with Gasteiger partial charge in [0.2, 0.25) is 0 Å². The molecule has 0 spiro atoms. The predicted octanol–water partition coefficient (Wildman–Crippen LogP) is 4.17. The number of aryl methyl sites for hydroxylation is 1. The molecule has 0 N–H and O–H groups in total. The summed E-state index contributed by atoms with van der Waals surface area (Å²) in [5.74, 6) is 0.655. The molecule has 2 heteroatoms. The first-order valence-electron chi connectivity index (χ1n) is 5.65. The fourth-order valence-electron chi connectivity index (χ4n) is 1.88. The Bertz CT molecular complexity index is 320. The van der Waals surface area contributed by atoms with E-state index in [-0.39, 0.29) is 5.82 Å². The highest BCUT2D eigenvalue weighted by molar-refractivity contribution is 6.20. The summed E-state index contributed by atoms with van der Waals surface area (Å²) >= 11 is 6.19. The highest BCUT2D eigenvalue weighted by atomic mass is 35.5. The van der Waals surface area contributed by atoms with Gasteiger partial charge in [-0.2, -0.15) is 0 Å². The fraction of sp³-hybridized carbons (Fsp3) is 0.538. The average Bonchev–Trinajstić information content (AvgIpc) is 3.04. The van der Waals surface area contributed by atoms with Gasteiger partial charge in [0.25, 0.3) is 0 Å². The van der Waals surface area contributed by atoms with Crippen LogP contribution in [0.5, 0.6) is 0 Å². The molecular formula is C13H16ClF. The highest BCUT2D eigenvalue weighted by Gasteiger charge is 2.28. The maximum Gasteiger partial charge on any atom is 0.126 e. The fourth-order valence-corrected chi connectivity index (χ4v) is 2.29. The summed E-state index contributed by atoms with van der Waals surface area (Å²) in [6.07, 6.45) is 5.39. The van der Waals surface area contributed by atoms with Gasteiger partial charge in [-0.15, -0.1) is 11.6 Å². The zero-order chi connectivity index (χ0) is 10.7. The third-order valence-corrected chi connectivity index (χ3v) is 3.59. The van der Waals surface area contributed by atoms with E-state index in [0.29, 0.717) is 5.38 Å². The lowest BCUT2D eigenvalue weighted by Gasteiger charge is -2.07. The summed E-state index contributed by atoms with van der Waals surface area (Å²) in [5.41, 5.74) is 0.817. The maximum atomic E-state index is 13.3. The summed E-state index contributed by atoms with van der Waals surface area (Å²) in [6, 6.07) is 7.00. The van der Waals surface area contributed by atoms with Crippen molar-refractivity contribution >= 4 is 11.6 Å². The van der Waals surface area contributed by atoms with E-state index in [1.54, 1.807) is 6.07 Å². The maximum absolute atomic E-state index is 13.3. The van der Waals surface area contributed by atoms with Gasteiger partial charge in [0, 0.05) is 5.38 Å². The molecule has 1 aromatic carbocycles. The van der Waals surface area contributed by atoms with Gasteiger partial charge < -0.3 is 0 Å². The second-order valence-corrected chi connectivity index (χ2v) is 4.90. The zero-order valence-corrected chi connectivity index (χ0v) is 9.51. The first-order valence-corrected chi connectivity index (χ1v) is 6.08. The summed E-state index contributed by atoms with van der Waals surface area (Å²) < 4.78 is 13.3. The van der Waals surface area contributed by atoms with Crippen LogP contribution in [-0.4, -0.2) is 5.38 Å². The van der Waals surface area contributed by atoms with E-state index in [4.69, 9.17) is 11.6 Å². The van der Waals surface area contributed by atoms with E-state index < -0.39 is 0 Å². The zero-order valence-electron chi connectivity index (χ0n) is 8.76. The molecule has 1 aliphatic rings. The quantitative estimate of drug-likeness (QED) is 0.662. The van der Waals surface area contributed by atoms with Crippen molar-refractivity contribution in [2.24, 2.45) is 5.92 Å². The molecule has 1 atom stereocenters. The minimum absolute atomic E-state index is 0.0879. The second kappa shape index (κ2) is 4.98. The van der Waals surface area contributed by atoms with Gasteiger partial charge in [0.15, 0.2) is 0 Å². The molecule has 0 saturated heterocycles. The molecular weight excluding hydrogens is 211 g/mol. The molecule has 2 rings (SSSR count). The molecule has 1 aromatic rings. The number of benzene rings is 1. The van der Waals surface area contributed by atoms with E-state index in [1.165, 1.54) is 18.9 Å². The van der Waals surface area contributed by atoms with Crippen molar-refractivity contribution in [3.63, 3.8) is 0 Å². The van der Waals surface area contributed by atoms with E-state index in [1.807, 2.05) is 12.1 Å². The van der Waals surface area contributed by atoms with E-state index >= 15 is 0 Å². The molecule has 82 valence electrons. The van der Waals surface area contributed by atoms with Gasteiger partial charge in [-0.25, -0.2) is 4.39 Å². The van der Waals surface area contributed by atoms with Crippen molar-refractivity contribution in [3.8, 4) is 0 Å². The molecule has 1 saturated carbocycles. The lowest BCUT2D eigenvalue weighted by Crippen LogP contribution is -2.02. The molecule has 1 aliphatic carbocycles. The number of alkyl halides is 1. The molecule has 0 aliphatic heterocycles. The lowest BCUT2D eigenvalue weighted by atomic mass is 10.1. The SMILES string of the molecule is Fc1ccccc1CCCC(Cl)C1CC1. The number of hydrogen-bond donors (Lipinski definition) is 0. The van der Waals surface area contributed by atoms with Crippen LogP contribution < -0.4 is 0 Å². The Hall–Kier alpha value is -0.560. The molecule has 0 bridgehead atoms. The van der Waals surface area contributed by atoms with E-state index in [2.05, 4.69) is 0 Å². The van der Waals surface area contributed by atoms with Crippen molar-refractivity contribution in [2.75, 3.05) is 0 Å². The number of halogens is 2. The predicted molar refractivity (Wildman–Crippen MR) is 61.7 cm³/mol. The molecule has 0 radical (unpaired) electrons. The Morgan fingerprint density at radius 1 is 1.33 bits per heavy atom. The smallest absolute Gasteiger partial charge is 0.126 e. The molecule has 0 heterocycles. The van der Waals surface area contributed by atoms with Gasteiger partial charge >= 0.3 is 0 Å². The number of hydrogen-bond acceptors (Lipinski definition) is 0. The Balaban J connectivity index is 1.75. The van der Waals surface area contributed by atoms with Crippen LogP contribution in [0.15, 0.2) is 24.3 Å². The van der Waals surface area contributed by atoms with Crippen molar-refractivity contribution in [3.05, 3.63) is 35.6 Å². The first kappa shape index (κ1) is 10.9. The van der Waals surface area contributed by atoms with Crippen molar-refractivity contribution in [1.29, 1.82) is 0 Å². The molecule has 15 heavy (non-hydrogen) atoms. The summed E-state index contributed by atoms with van der Waals surface area (Å²) in [4.78, 5) is 0. The molecule has 1 unspecified atom stereocenters. The second-order valence-electron chi connectivity index (χ2n) is 4.34. The standard InChI is InChI=1S/C13H16ClF/c14-12(10-8-9-10)6-3-5-11-4-1-2-7-13(11)15/h1-2,4,7,10,12H,3,5-6,8-9H2. The van der Waals surface area contributed by atoms with E-state index in [0.717, 1.165) is 30.7 Å². The average molecular weight is 227 g/mol. The Morgan fingerprint density at radius 2 is 2.07 bits per heavy atom. The normalized spacial score (nSPS) is 17.7. The van der Waals surface area contributed by atoms with Gasteiger partial charge in [0.05, 0.1) is 0 Å². The Labute approximate surface area is 95.4 Å². The van der Waals surface area contributed by atoms with Crippen LogP contribution in [0, 0.1) is 11.7 Å².